The van der Waals surface area contributed by atoms with E-state index in [4.69, 9.17) is 9.47 Å². The number of benzene rings is 1. The monoisotopic (exact) mass is 576 g/mol. The standard InChI is InChI=1S/C27H36N4O8S/c1-5-8-14-31(15-9-6-2)27(35)19-10-12-21(13-11-19)40(36,37)30-25(33)20-16-22(38-4)24(28-17-20)26(34)29-18-23(32)39-7-3/h10-13,16-17H,5-9,14-15,18H2,1-4H3,(H,29,34)(H,30,33). The highest BCUT2D eigenvalue weighted by Gasteiger charge is 2.23. The zero-order valence-electron chi connectivity index (χ0n) is 23.2. The molecule has 1 heterocycles. The lowest BCUT2D eigenvalue weighted by molar-refractivity contribution is -0.141. The third-order valence-corrected chi connectivity index (χ3v) is 7.08. The van der Waals surface area contributed by atoms with Crippen molar-refractivity contribution in [2.45, 2.75) is 51.3 Å². The normalized spacial score (nSPS) is 10.9. The van der Waals surface area contributed by atoms with Gasteiger partial charge < -0.3 is 19.7 Å². The molecular weight excluding hydrogens is 540 g/mol. The smallest absolute Gasteiger partial charge is 0.325 e. The molecule has 2 N–H and O–H groups in total. The van der Waals surface area contributed by atoms with E-state index in [-0.39, 0.29) is 34.4 Å². The molecule has 1 aromatic carbocycles. The summed E-state index contributed by atoms with van der Waals surface area (Å²) in [6.45, 7) is 6.72. The number of carbonyl (C=O) groups is 4. The van der Waals surface area contributed by atoms with Crippen LogP contribution in [-0.4, -0.2) is 75.3 Å². The van der Waals surface area contributed by atoms with E-state index in [0.29, 0.717) is 18.7 Å². The summed E-state index contributed by atoms with van der Waals surface area (Å²) < 4.78 is 37.5. The van der Waals surface area contributed by atoms with Crippen LogP contribution in [0.2, 0.25) is 0 Å². The van der Waals surface area contributed by atoms with Gasteiger partial charge in [-0.1, -0.05) is 26.7 Å². The van der Waals surface area contributed by atoms with E-state index in [1.54, 1.807) is 11.8 Å². The first-order valence-corrected chi connectivity index (χ1v) is 14.5. The number of methoxy groups -OCH3 is 1. The third kappa shape index (κ3) is 9.04. The van der Waals surface area contributed by atoms with Crippen LogP contribution in [0.5, 0.6) is 5.75 Å². The summed E-state index contributed by atoms with van der Waals surface area (Å²) in [5, 5.41) is 2.33. The van der Waals surface area contributed by atoms with Crippen LogP contribution in [0.4, 0.5) is 0 Å². The van der Waals surface area contributed by atoms with Gasteiger partial charge >= 0.3 is 5.97 Å². The molecular formula is C27H36N4O8S. The number of ether oxygens (including phenoxy) is 2. The van der Waals surface area contributed by atoms with Gasteiger partial charge in [-0.25, -0.2) is 18.1 Å². The molecule has 0 saturated heterocycles. The van der Waals surface area contributed by atoms with Gasteiger partial charge in [0, 0.05) is 24.8 Å². The average molecular weight is 577 g/mol. The van der Waals surface area contributed by atoms with Gasteiger partial charge in [-0.15, -0.1) is 0 Å². The van der Waals surface area contributed by atoms with Crippen molar-refractivity contribution in [3.05, 3.63) is 53.3 Å². The molecule has 3 amide bonds. The van der Waals surface area contributed by atoms with E-state index in [0.717, 1.165) is 37.9 Å². The molecule has 0 unspecified atom stereocenters. The summed E-state index contributed by atoms with van der Waals surface area (Å²) in [6.07, 6.45) is 4.63. The zero-order chi connectivity index (χ0) is 29.7. The number of rotatable bonds is 15. The predicted molar refractivity (Wildman–Crippen MR) is 147 cm³/mol. The number of hydrogen-bond acceptors (Lipinski definition) is 9. The van der Waals surface area contributed by atoms with Crippen LogP contribution < -0.4 is 14.8 Å². The lowest BCUT2D eigenvalue weighted by Gasteiger charge is -2.22. The highest BCUT2D eigenvalue weighted by atomic mass is 32.2. The second kappa shape index (κ2) is 15.6. The van der Waals surface area contributed by atoms with Gasteiger partial charge in [0.05, 0.1) is 24.2 Å². The Morgan fingerprint density at radius 2 is 1.55 bits per heavy atom. The Labute approximate surface area is 234 Å². The van der Waals surface area contributed by atoms with Crippen molar-refractivity contribution < 1.29 is 37.1 Å². The average Bonchev–Trinajstić information content (AvgIpc) is 2.95. The molecule has 2 rings (SSSR count). The van der Waals surface area contributed by atoms with Gasteiger partial charge in [0.15, 0.2) is 11.4 Å². The number of unbranched alkanes of at least 4 members (excludes halogenated alkanes) is 2. The maximum absolute atomic E-state index is 13.0. The Hall–Kier alpha value is -4.00. The summed E-state index contributed by atoms with van der Waals surface area (Å²) in [5.74, 6) is -2.68. The van der Waals surface area contributed by atoms with Gasteiger partial charge in [0.2, 0.25) is 0 Å². The fraction of sp³-hybridized carbons (Fsp3) is 0.444. The van der Waals surface area contributed by atoms with Crippen molar-refractivity contribution in [2.24, 2.45) is 0 Å². The molecule has 0 radical (unpaired) electrons. The van der Waals surface area contributed by atoms with Crippen molar-refractivity contribution in [3.63, 3.8) is 0 Å². The summed E-state index contributed by atoms with van der Waals surface area (Å²) in [5.41, 5.74) is -0.0433. The maximum atomic E-state index is 13.0. The Morgan fingerprint density at radius 3 is 2.10 bits per heavy atom. The molecule has 40 heavy (non-hydrogen) atoms. The molecule has 0 aliphatic heterocycles. The molecule has 0 aliphatic rings. The van der Waals surface area contributed by atoms with Gasteiger partial charge in [0.1, 0.15) is 6.54 Å². The van der Waals surface area contributed by atoms with Crippen LogP contribution in [-0.2, 0) is 19.6 Å². The third-order valence-electron chi connectivity index (χ3n) is 5.74. The largest absolute Gasteiger partial charge is 0.494 e. The van der Waals surface area contributed by atoms with Crippen LogP contribution >= 0.6 is 0 Å². The van der Waals surface area contributed by atoms with Gasteiger partial charge in [-0.3, -0.25) is 19.2 Å². The molecule has 218 valence electrons. The Kier molecular flexibility index (Phi) is 12.5. The van der Waals surface area contributed by atoms with Gasteiger partial charge in [-0.05, 0) is 50.1 Å². The number of esters is 1. The molecule has 0 bridgehead atoms. The second-order valence-corrected chi connectivity index (χ2v) is 10.4. The minimum atomic E-state index is -4.29. The number of aromatic nitrogens is 1. The Bertz CT molecular complexity index is 1290. The van der Waals surface area contributed by atoms with Crippen molar-refractivity contribution >= 4 is 33.7 Å². The van der Waals surface area contributed by atoms with E-state index in [1.165, 1.54) is 31.4 Å². The van der Waals surface area contributed by atoms with Crippen LogP contribution in [0.3, 0.4) is 0 Å². The van der Waals surface area contributed by atoms with E-state index < -0.39 is 34.4 Å². The number of amides is 3. The fourth-order valence-electron chi connectivity index (χ4n) is 3.56. The first-order valence-electron chi connectivity index (χ1n) is 13.0. The minimum Gasteiger partial charge on any atom is -0.494 e. The minimum absolute atomic E-state index is 0.107. The van der Waals surface area contributed by atoms with E-state index in [2.05, 4.69) is 10.3 Å². The highest BCUT2D eigenvalue weighted by molar-refractivity contribution is 7.90. The zero-order valence-corrected chi connectivity index (χ0v) is 24.0. The Balaban J connectivity index is 2.14. The number of nitrogens with one attached hydrogen (secondary N) is 2. The first-order chi connectivity index (χ1) is 19.1. The first kappa shape index (κ1) is 32.2. The number of hydrogen-bond donors (Lipinski definition) is 2. The Morgan fingerprint density at radius 1 is 0.925 bits per heavy atom. The van der Waals surface area contributed by atoms with Crippen LogP contribution in [0, 0.1) is 0 Å². The molecule has 0 fully saturated rings. The van der Waals surface area contributed by atoms with E-state index >= 15 is 0 Å². The molecule has 13 heteroatoms. The molecule has 0 aliphatic carbocycles. The van der Waals surface area contributed by atoms with Gasteiger partial charge in [-0.2, -0.15) is 0 Å². The lowest BCUT2D eigenvalue weighted by atomic mass is 10.1. The molecule has 12 nitrogen and oxygen atoms in total. The predicted octanol–water partition coefficient (Wildman–Crippen LogP) is 2.54. The lowest BCUT2D eigenvalue weighted by Crippen LogP contribution is -2.33. The summed E-state index contributed by atoms with van der Waals surface area (Å²) in [6, 6.07) is 6.51. The van der Waals surface area contributed by atoms with Crippen molar-refractivity contribution in [2.75, 3.05) is 33.4 Å². The van der Waals surface area contributed by atoms with Gasteiger partial charge in [0.25, 0.3) is 27.7 Å². The van der Waals surface area contributed by atoms with E-state index in [9.17, 15) is 27.6 Å². The van der Waals surface area contributed by atoms with Crippen molar-refractivity contribution in [1.82, 2.24) is 19.9 Å². The molecule has 0 saturated carbocycles. The molecule has 2 aromatic rings. The molecule has 0 atom stereocenters. The number of pyridine rings is 1. The van der Waals surface area contributed by atoms with Crippen LogP contribution in [0.15, 0.2) is 41.4 Å². The van der Waals surface area contributed by atoms with E-state index in [1.807, 2.05) is 18.6 Å². The van der Waals surface area contributed by atoms with Crippen LogP contribution in [0.1, 0.15) is 77.7 Å². The number of nitrogens with zero attached hydrogens (tertiary/aromatic N) is 2. The topological polar surface area (TPSA) is 161 Å². The van der Waals surface area contributed by atoms with Crippen molar-refractivity contribution in [3.8, 4) is 5.75 Å². The summed E-state index contributed by atoms with van der Waals surface area (Å²) in [4.78, 5) is 55.0. The maximum Gasteiger partial charge on any atom is 0.325 e. The van der Waals surface area contributed by atoms with Crippen molar-refractivity contribution in [1.29, 1.82) is 0 Å². The van der Waals surface area contributed by atoms with Crippen LogP contribution in [0.25, 0.3) is 0 Å². The molecule has 0 spiro atoms. The second-order valence-electron chi connectivity index (χ2n) is 8.72. The summed E-state index contributed by atoms with van der Waals surface area (Å²) >= 11 is 0. The quantitative estimate of drug-likeness (QED) is 0.304. The number of sulfonamides is 1. The fourth-order valence-corrected chi connectivity index (χ4v) is 4.53. The summed E-state index contributed by atoms with van der Waals surface area (Å²) in [7, 11) is -3.05. The highest BCUT2D eigenvalue weighted by Crippen LogP contribution is 2.19. The SMILES string of the molecule is CCCCN(CCCC)C(=O)c1ccc(S(=O)(=O)NC(=O)c2cnc(C(=O)NCC(=O)OCC)c(OC)c2)cc1. The molecule has 1 aromatic heterocycles. The number of carbonyl (C=O) groups excluding carboxylic acids is 4.